The maximum atomic E-state index is 12.1. The number of rotatable bonds is 2. The summed E-state index contributed by atoms with van der Waals surface area (Å²) in [6.45, 7) is 0. The lowest BCUT2D eigenvalue weighted by molar-refractivity contribution is -0.332. The van der Waals surface area contributed by atoms with Gasteiger partial charge in [0.2, 0.25) is 11.2 Å². The Hall–Kier alpha value is -2.05. The van der Waals surface area contributed by atoms with E-state index in [2.05, 4.69) is 15.3 Å². The standard InChI is InChI=1S/C13H19N5O2/c1-17-10-9(11(19)18(2)13(17)20)15-12(16-10)14-8-6-4-3-5-7-8/h8H,3-7H2,1-2H3,(H2,14,15,16)/p+1. The molecule has 20 heavy (non-hydrogen) atoms. The van der Waals surface area contributed by atoms with Crippen LogP contribution in [0.5, 0.6) is 0 Å². The zero-order chi connectivity index (χ0) is 14.3. The predicted octanol–water partition coefficient (Wildman–Crippen LogP) is 0.124. The van der Waals surface area contributed by atoms with Gasteiger partial charge in [0, 0.05) is 7.05 Å². The van der Waals surface area contributed by atoms with Crippen molar-refractivity contribution in [2.75, 3.05) is 5.32 Å². The number of hydrogen-bond acceptors (Lipinski definition) is 3. The molecule has 0 atom stereocenters. The Morgan fingerprint density at radius 3 is 2.55 bits per heavy atom. The first kappa shape index (κ1) is 13.0. The maximum absolute atomic E-state index is 12.1. The van der Waals surface area contributed by atoms with E-state index in [1.165, 1.54) is 30.9 Å². The Morgan fingerprint density at radius 1 is 1.15 bits per heavy atom. The van der Waals surface area contributed by atoms with Crippen molar-refractivity contribution in [1.29, 1.82) is 0 Å². The largest absolute Gasteiger partial charge is 0.374 e. The van der Waals surface area contributed by atoms with E-state index in [4.69, 9.17) is 0 Å². The number of imidazole rings is 1. The van der Waals surface area contributed by atoms with Gasteiger partial charge in [-0.2, -0.15) is 0 Å². The number of nitrogens with zero attached hydrogens (tertiary/aromatic N) is 2. The van der Waals surface area contributed by atoms with Gasteiger partial charge in [0.1, 0.15) is 0 Å². The summed E-state index contributed by atoms with van der Waals surface area (Å²) in [6, 6.07) is 0.425. The lowest BCUT2D eigenvalue weighted by Gasteiger charge is -2.19. The molecule has 0 bridgehead atoms. The summed E-state index contributed by atoms with van der Waals surface area (Å²) in [5.41, 5.74) is 0.308. The predicted molar refractivity (Wildman–Crippen MR) is 75.8 cm³/mol. The van der Waals surface area contributed by atoms with E-state index >= 15 is 0 Å². The van der Waals surface area contributed by atoms with Gasteiger partial charge in [-0.25, -0.2) is 14.3 Å². The van der Waals surface area contributed by atoms with Crippen LogP contribution in [-0.4, -0.2) is 20.2 Å². The van der Waals surface area contributed by atoms with E-state index in [9.17, 15) is 9.59 Å². The van der Waals surface area contributed by atoms with Crippen molar-refractivity contribution < 1.29 is 4.98 Å². The average Bonchev–Trinajstić information content (AvgIpc) is 2.88. The Labute approximate surface area is 115 Å². The van der Waals surface area contributed by atoms with E-state index in [0.29, 0.717) is 23.2 Å². The molecule has 1 fully saturated rings. The fourth-order valence-electron chi connectivity index (χ4n) is 2.90. The van der Waals surface area contributed by atoms with Gasteiger partial charge in [-0.15, -0.1) is 0 Å². The summed E-state index contributed by atoms with van der Waals surface area (Å²) in [6.07, 6.45) is 6.04. The maximum Gasteiger partial charge on any atom is 0.374 e. The number of anilines is 1. The molecule has 7 heteroatoms. The van der Waals surface area contributed by atoms with Gasteiger partial charge in [-0.05, 0) is 12.8 Å². The molecular formula is C13H20N5O2+. The van der Waals surface area contributed by atoms with Crippen LogP contribution < -0.4 is 21.5 Å². The third-order valence-electron chi connectivity index (χ3n) is 4.11. The molecule has 108 valence electrons. The van der Waals surface area contributed by atoms with Crippen molar-refractivity contribution in [3.8, 4) is 0 Å². The fourth-order valence-corrected chi connectivity index (χ4v) is 2.90. The zero-order valence-corrected chi connectivity index (χ0v) is 11.8. The van der Waals surface area contributed by atoms with Crippen molar-refractivity contribution in [2.24, 2.45) is 14.1 Å². The van der Waals surface area contributed by atoms with Gasteiger partial charge >= 0.3 is 11.6 Å². The minimum Gasteiger partial charge on any atom is -0.294 e. The molecule has 3 rings (SSSR count). The van der Waals surface area contributed by atoms with E-state index in [-0.39, 0.29) is 11.2 Å². The second kappa shape index (κ2) is 4.81. The minimum absolute atomic E-state index is 0.309. The van der Waals surface area contributed by atoms with Crippen LogP contribution in [0, 0.1) is 0 Å². The van der Waals surface area contributed by atoms with Crippen LogP contribution in [0.4, 0.5) is 5.95 Å². The third-order valence-corrected chi connectivity index (χ3v) is 4.11. The first-order chi connectivity index (χ1) is 9.58. The monoisotopic (exact) mass is 278 g/mol. The van der Waals surface area contributed by atoms with Crippen LogP contribution >= 0.6 is 0 Å². The lowest BCUT2D eigenvalue weighted by Crippen LogP contribution is -2.38. The Balaban J connectivity index is 2.02. The summed E-state index contributed by atoms with van der Waals surface area (Å²) in [7, 11) is 3.14. The van der Waals surface area contributed by atoms with Gasteiger partial charge in [0.25, 0.3) is 5.56 Å². The van der Waals surface area contributed by atoms with Gasteiger partial charge in [0.05, 0.1) is 13.1 Å². The van der Waals surface area contributed by atoms with Gasteiger partial charge in [-0.1, -0.05) is 19.3 Å². The van der Waals surface area contributed by atoms with Crippen molar-refractivity contribution in [2.45, 2.75) is 38.1 Å². The van der Waals surface area contributed by atoms with Crippen LogP contribution in [-0.2, 0) is 14.1 Å². The number of H-pyrrole nitrogens is 2. The van der Waals surface area contributed by atoms with Gasteiger partial charge in [0.15, 0.2) is 0 Å². The first-order valence-corrected chi connectivity index (χ1v) is 7.05. The topological polar surface area (TPSA) is 86.0 Å². The molecule has 0 aliphatic heterocycles. The molecule has 2 aromatic heterocycles. The van der Waals surface area contributed by atoms with Crippen molar-refractivity contribution in [3.63, 3.8) is 0 Å². The first-order valence-electron chi connectivity index (χ1n) is 7.05. The molecule has 0 amide bonds. The molecule has 1 saturated carbocycles. The van der Waals surface area contributed by atoms with Crippen molar-refractivity contribution >= 4 is 17.1 Å². The molecule has 1 aliphatic rings. The summed E-state index contributed by atoms with van der Waals surface area (Å²) >= 11 is 0. The SMILES string of the molecule is Cn1c(=O)c2[nH]c(NC3CCCCC3)[nH+]c2n(C)c1=O. The van der Waals surface area contributed by atoms with E-state index < -0.39 is 0 Å². The summed E-state index contributed by atoms with van der Waals surface area (Å²) in [4.78, 5) is 30.1. The summed E-state index contributed by atoms with van der Waals surface area (Å²) in [5, 5.41) is 3.39. The quantitative estimate of drug-likeness (QED) is 0.818. The second-order valence-electron chi connectivity index (χ2n) is 5.53. The number of fused-ring (bicyclic) bond motifs is 1. The smallest absolute Gasteiger partial charge is 0.294 e. The minimum atomic E-state index is -0.332. The highest BCUT2D eigenvalue weighted by molar-refractivity contribution is 5.67. The molecule has 0 saturated heterocycles. The lowest BCUT2D eigenvalue weighted by atomic mass is 9.96. The number of hydrogen-bond donors (Lipinski definition) is 2. The molecule has 0 unspecified atom stereocenters. The van der Waals surface area contributed by atoms with Crippen LogP contribution in [0.15, 0.2) is 9.59 Å². The second-order valence-corrected chi connectivity index (χ2v) is 5.53. The molecule has 2 heterocycles. The highest BCUT2D eigenvalue weighted by Crippen LogP contribution is 2.19. The van der Waals surface area contributed by atoms with Crippen LogP contribution in [0.2, 0.25) is 0 Å². The molecule has 0 spiro atoms. The Morgan fingerprint density at radius 2 is 1.85 bits per heavy atom. The molecule has 7 nitrogen and oxygen atoms in total. The van der Waals surface area contributed by atoms with Crippen LogP contribution in [0.25, 0.3) is 11.2 Å². The Bertz CT molecular complexity index is 748. The van der Waals surface area contributed by atoms with Crippen molar-refractivity contribution in [1.82, 2.24) is 14.1 Å². The molecular weight excluding hydrogens is 258 g/mol. The molecule has 3 N–H and O–H groups in total. The van der Waals surface area contributed by atoms with Gasteiger partial charge < -0.3 is 0 Å². The molecule has 0 aromatic carbocycles. The van der Waals surface area contributed by atoms with Gasteiger partial charge in [-0.3, -0.25) is 19.7 Å². The summed E-state index contributed by atoms with van der Waals surface area (Å²) < 4.78 is 2.55. The highest BCUT2D eigenvalue weighted by Gasteiger charge is 2.21. The number of aromatic nitrogens is 4. The zero-order valence-electron chi connectivity index (χ0n) is 11.8. The highest BCUT2D eigenvalue weighted by atomic mass is 16.2. The molecule has 0 radical (unpaired) electrons. The van der Waals surface area contributed by atoms with E-state index in [1.54, 1.807) is 7.05 Å². The molecule has 2 aromatic rings. The Kier molecular flexibility index (Phi) is 3.11. The number of aryl methyl sites for hydroxylation is 1. The normalized spacial score (nSPS) is 16.7. The third kappa shape index (κ3) is 2.03. The molecule has 1 aliphatic carbocycles. The summed E-state index contributed by atoms with van der Waals surface area (Å²) in [5.74, 6) is 0.699. The van der Waals surface area contributed by atoms with Crippen molar-refractivity contribution in [3.05, 3.63) is 20.8 Å². The number of aromatic amines is 2. The van der Waals surface area contributed by atoms with Crippen LogP contribution in [0.3, 0.4) is 0 Å². The number of nitrogens with one attached hydrogen (secondary N) is 3. The van der Waals surface area contributed by atoms with E-state index in [1.807, 2.05) is 0 Å². The van der Waals surface area contributed by atoms with E-state index in [0.717, 1.165) is 17.4 Å². The average molecular weight is 278 g/mol. The van der Waals surface area contributed by atoms with Crippen LogP contribution in [0.1, 0.15) is 32.1 Å². The fraction of sp³-hybridized carbons (Fsp3) is 0.615.